The first-order valence-electron chi connectivity index (χ1n) is 7.29. The molecule has 0 saturated heterocycles. The standard InChI is InChI=1S/C18H15ClN2O3/c1-2-24-16-6-4-3-5-15(16)21-18(23)14(11-20)17(22)12-7-9-13(19)10-8-12/h3-10,14H,2H2,1H3,(H,21,23)/t14-/m1/s1. The number of ketones is 1. The summed E-state index contributed by atoms with van der Waals surface area (Å²) >= 11 is 5.78. The molecule has 1 amide bonds. The molecule has 0 spiro atoms. The first-order chi connectivity index (χ1) is 11.6. The molecule has 0 unspecified atom stereocenters. The smallest absolute Gasteiger partial charge is 0.249 e. The number of Topliss-reactive ketones (excluding diaryl/α,β-unsaturated/α-hetero) is 1. The van der Waals surface area contributed by atoms with Crippen molar-refractivity contribution < 1.29 is 14.3 Å². The van der Waals surface area contributed by atoms with Crippen LogP contribution in [-0.4, -0.2) is 18.3 Å². The molecule has 122 valence electrons. The van der Waals surface area contributed by atoms with Crippen molar-refractivity contribution in [2.24, 2.45) is 5.92 Å². The summed E-state index contributed by atoms with van der Waals surface area (Å²) in [6, 6.07) is 14.6. The van der Waals surface area contributed by atoms with Gasteiger partial charge in [0, 0.05) is 10.6 Å². The van der Waals surface area contributed by atoms with E-state index in [2.05, 4.69) is 5.32 Å². The molecule has 1 N–H and O–H groups in total. The fraction of sp³-hybridized carbons (Fsp3) is 0.167. The Bertz CT molecular complexity index is 782. The number of nitriles is 1. The van der Waals surface area contributed by atoms with Crippen molar-refractivity contribution in [2.75, 3.05) is 11.9 Å². The molecule has 6 heteroatoms. The summed E-state index contributed by atoms with van der Waals surface area (Å²) in [5, 5.41) is 12.3. The van der Waals surface area contributed by atoms with Crippen molar-refractivity contribution in [1.82, 2.24) is 0 Å². The van der Waals surface area contributed by atoms with Gasteiger partial charge in [-0.15, -0.1) is 0 Å². The van der Waals surface area contributed by atoms with E-state index in [1.807, 2.05) is 6.92 Å². The second-order valence-electron chi connectivity index (χ2n) is 4.85. The first-order valence-corrected chi connectivity index (χ1v) is 7.66. The Balaban J connectivity index is 2.19. The van der Waals surface area contributed by atoms with Crippen LogP contribution in [0.5, 0.6) is 5.75 Å². The summed E-state index contributed by atoms with van der Waals surface area (Å²) in [4.78, 5) is 24.7. The van der Waals surface area contributed by atoms with Crippen LogP contribution in [0.25, 0.3) is 0 Å². The number of amides is 1. The van der Waals surface area contributed by atoms with Crippen LogP contribution in [0.15, 0.2) is 48.5 Å². The molecular formula is C18H15ClN2O3. The number of ether oxygens (including phenoxy) is 1. The number of carbonyl (C=O) groups is 2. The summed E-state index contributed by atoms with van der Waals surface area (Å²) < 4.78 is 5.41. The van der Waals surface area contributed by atoms with Crippen molar-refractivity contribution in [2.45, 2.75) is 6.92 Å². The molecule has 0 heterocycles. The van der Waals surface area contributed by atoms with Gasteiger partial charge in [-0.1, -0.05) is 23.7 Å². The molecule has 0 aliphatic carbocycles. The summed E-state index contributed by atoms with van der Waals surface area (Å²) in [5.74, 6) is -2.27. The van der Waals surface area contributed by atoms with Crippen molar-refractivity contribution in [3.63, 3.8) is 0 Å². The van der Waals surface area contributed by atoms with Crippen molar-refractivity contribution in [1.29, 1.82) is 5.26 Å². The van der Waals surface area contributed by atoms with Crippen molar-refractivity contribution >= 4 is 29.0 Å². The third-order valence-electron chi connectivity index (χ3n) is 3.23. The number of halogens is 1. The fourth-order valence-electron chi connectivity index (χ4n) is 2.07. The topological polar surface area (TPSA) is 79.2 Å². The average molecular weight is 343 g/mol. The predicted molar refractivity (Wildman–Crippen MR) is 91.1 cm³/mol. The summed E-state index contributed by atoms with van der Waals surface area (Å²) in [6.45, 7) is 2.25. The van der Waals surface area contributed by atoms with Crippen LogP contribution in [0.2, 0.25) is 5.02 Å². The molecule has 2 aromatic rings. The van der Waals surface area contributed by atoms with Crippen molar-refractivity contribution in [3.05, 3.63) is 59.1 Å². The molecule has 24 heavy (non-hydrogen) atoms. The number of para-hydroxylation sites is 2. The van der Waals surface area contributed by atoms with E-state index < -0.39 is 17.6 Å². The second kappa shape index (κ2) is 8.14. The highest BCUT2D eigenvalue weighted by Crippen LogP contribution is 2.24. The number of hydrogen-bond donors (Lipinski definition) is 1. The van der Waals surface area contributed by atoms with Gasteiger partial charge in [-0.2, -0.15) is 5.26 Å². The summed E-state index contributed by atoms with van der Waals surface area (Å²) in [7, 11) is 0. The Kier molecular flexibility index (Phi) is 5.94. The Morgan fingerprint density at radius 2 is 1.88 bits per heavy atom. The number of hydrogen-bond acceptors (Lipinski definition) is 4. The van der Waals surface area contributed by atoms with Gasteiger partial charge in [0.15, 0.2) is 11.7 Å². The lowest BCUT2D eigenvalue weighted by Gasteiger charge is -2.13. The fourth-order valence-corrected chi connectivity index (χ4v) is 2.20. The molecule has 0 aromatic heterocycles. The van der Waals surface area contributed by atoms with E-state index in [1.165, 1.54) is 24.3 Å². The number of anilines is 1. The molecule has 2 rings (SSSR count). The molecule has 0 fully saturated rings. The number of benzene rings is 2. The molecule has 0 aliphatic heterocycles. The van der Waals surface area contributed by atoms with E-state index in [1.54, 1.807) is 30.3 Å². The molecule has 0 bridgehead atoms. The minimum Gasteiger partial charge on any atom is -0.492 e. The third kappa shape index (κ3) is 4.12. The third-order valence-corrected chi connectivity index (χ3v) is 3.48. The lowest BCUT2D eigenvalue weighted by Crippen LogP contribution is -2.28. The molecule has 2 aromatic carbocycles. The number of carbonyl (C=O) groups excluding carboxylic acids is 2. The number of nitrogens with zero attached hydrogens (tertiary/aromatic N) is 1. The molecule has 0 saturated carbocycles. The van der Waals surface area contributed by atoms with Gasteiger partial charge >= 0.3 is 0 Å². The summed E-state index contributed by atoms with van der Waals surface area (Å²) in [5.41, 5.74) is 0.660. The van der Waals surface area contributed by atoms with E-state index in [4.69, 9.17) is 16.3 Å². The largest absolute Gasteiger partial charge is 0.492 e. The Hall–Kier alpha value is -2.84. The van der Waals surface area contributed by atoms with E-state index in [9.17, 15) is 14.9 Å². The maximum absolute atomic E-state index is 12.4. The molecule has 0 aliphatic rings. The van der Waals surface area contributed by atoms with Crippen LogP contribution < -0.4 is 10.1 Å². The van der Waals surface area contributed by atoms with Gasteiger partial charge in [0.05, 0.1) is 18.4 Å². The van der Waals surface area contributed by atoms with Gasteiger partial charge in [0.1, 0.15) is 5.75 Å². The molecule has 5 nitrogen and oxygen atoms in total. The van der Waals surface area contributed by atoms with E-state index in [-0.39, 0.29) is 5.56 Å². The van der Waals surface area contributed by atoms with Crippen LogP contribution in [-0.2, 0) is 4.79 Å². The van der Waals surface area contributed by atoms with E-state index in [0.29, 0.717) is 23.1 Å². The summed E-state index contributed by atoms with van der Waals surface area (Å²) in [6.07, 6.45) is 0. The van der Waals surface area contributed by atoms with Crippen molar-refractivity contribution in [3.8, 4) is 11.8 Å². The van der Waals surface area contributed by atoms with Crippen LogP contribution in [0.4, 0.5) is 5.69 Å². The quantitative estimate of drug-likeness (QED) is 0.641. The van der Waals surface area contributed by atoms with E-state index >= 15 is 0 Å². The van der Waals surface area contributed by atoms with E-state index in [0.717, 1.165) is 0 Å². The number of rotatable bonds is 6. The molecule has 0 radical (unpaired) electrons. The van der Waals surface area contributed by atoms with Crippen LogP contribution in [0.3, 0.4) is 0 Å². The van der Waals surface area contributed by atoms with Gasteiger partial charge in [0.25, 0.3) is 0 Å². The highest BCUT2D eigenvalue weighted by Gasteiger charge is 2.28. The SMILES string of the molecule is CCOc1ccccc1NC(=O)[C@H](C#N)C(=O)c1ccc(Cl)cc1. The Morgan fingerprint density at radius 3 is 2.50 bits per heavy atom. The lowest BCUT2D eigenvalue weighted by atomic mass is 9.98. The van der Waals surface area contributed by atoms with Gasteiger partial charge in [-0.25, -0.2) is 0 Å². The van der Waals surface area contributed by atoms with Crippen LogP contribution in [0, 0.1) is 17.2 Å². The predicted octanol–water partition coefficient (Wildman–Crippen LogP) is 3.70. The molecule has 1 atom stereocenters. The maximum atomic E-state index is 12.4. The van der Waals surface area contributed by atoms with Crippen LogP contribution in [0.1, 0.15) is 17.3 Å². The second-order valence-corrected chi connectivity index (χ2v) is 5.29. The lowest BCUT2D eigenvalue weighted by molar-refractivity contribution is -0.117. The zero-order valence-electron chi connectivity index (χ0n) is 13.0. The molecular weight excluding hydrogens is 328 g/mol. The van der Waals surface area contributed by atoms with Gasteiger partial charge < -0.3 is 10.1 Å². The Labute approximate surface area is 144 Å². The Morgan fingerprint density at radius 1 is 1.21 bits per heavy atom. The highest BCUT2D eigenvalue weighted by atomic mass is 35.5. The zero-order valence-corrected chi connectivity index (χ0v) is 13.7. The average Bonchev–Trinajstić information content (AvgIpc) is 2.58. The first kappa shape index (κ1) is 17.5. The maximum Gasteiger partial charge on any atom is 0.249 e. The minimum absolute atomic E-state index is 0.249. The van der Waals surface area contributed by atoms with Gasteiger partial charge in [-0.05, 0) is 43.3 Å². The van der Waals surface area contributed by atoms with Crippen LogP contribution >= 0.6 is 11.6 Å². The van der Waals surface area contributed by atoms with Gasteiger partial charge in [0.2, 0.25) is 5.91 Å². The zero-order chi connectivity index (χ0) is 17.5. The normalized spacial score (nSPS) is 11.2. The van der Waals surface area contributed by atoms with Gasteiger partial charge in [-0.3, -0.25) is 9.59 Å². The number of nitrogens with one attached hydrogen (secondary N) is 1. The minimum atomic E-state index is -1.46. The monoisotopic (exact) mass is 342 g/mol. The highest BCUT2D eigenvalue weighted by molar-refractivity contribution is 6.30.